The van der Waals surface area contributed by atoms with Gasteiger partial charge in [0.1, 0.15) is 5.52 Å². The zero-order valence-corrected chi connectivity index (χ0v) is 14.7. The number of hydrogen-bond acceptors (Lipinski definition) is 7. The Kier molecular flexibility index (Phi) is 3.71. The average Bonchev–Trinajstić information content (AvgIpc) is 3.35. The van der Waals surface area contributed by atoms with Crippen LogP contribution in [0.25, 0.3) is 22.5 Å². The summed E-state index contributed by atoms with van der Waals surface area (Å²) in [6.45, 7) is 0. The van der Waals surface area contributed by atoms with Gasteiger partial charge in [0.2, 0.25) is 0 Å². The minimum Gasteiger partial charge on any atom is -0.431 e. The van der Waals surface area contributed by atoms with E-state index in [2.05, 4.69) is 24.7 Å². The number of aromatic nitrogens is 5. The second-order valence-electron chi connectivity index (χ2n) is 5.64. The summed E-state index contributed by atoms with van der Waals surface area (Å²) in [7, 11) is 0. The van der Waals surface area contributed by atoms with Gasteiger partial charge < -0.3 is 4.42 Å². The number of hydrogen-bond donors (Lipinski definition) is 0. The Labute approximate surface area is 152 Å². The van der Waals surface area contributed by atoms with E-state index in [0.717, 1.165) is 39.1 Å². The predicted molar refractivity (Wildman–Crippen MR) is 97.7 cm³/mol. The fraction of sp³-hybridized carbons (Fsp3) is 0.176. The first kappa shape index (κ1) is 15.0. The van der Waals surface area contributed by atoms with Gasteiger partial charge in [-0.15, -0.1) is 10.2 Å². The normalized spacial score (nSPS) is 16.4. The van der Waals surface area contributed by atoms with Gasteiger partial charge in [0.15, 0.2) is 16.6 Å². The second-order valence-corrected chi connectivity index (χ2v) is 7.60. The van der Waals surface area contributed by atoms with Crippen LogP contribution in [0.15, 0.2) is 63.6 Å². The van der Waals surface area contributed by atoms with E-state index in [-0.39, 0.29) is 0 Å². The van der Waals surface area contributed by atoms with Crippen molar-refractivity contribution in [1.29, 1.82) is 0 Å². The summed E-state index contributed by atoms with van der Waals surface area (Å²) in [4.78, 5) is 8.73. The van der Waals surface area contributed by atoms with Crippen molar-refractivity contribution in [3.63, 3.8) is 0 Å². The van der Waals surface area contributed by atoms with Gasteiger partial charge >= 0.3 is 0 Å². The minimum atomic E-state index is 0.296. The second kappa shape index (κ2) is 6.20. The van der Waals surface area contributed by atoms with Gasteiger partial charge in [-0.25, -0.2) is 4.98 Å². The quantitative estimate of drug-likeness (QED) is 0.506. The topological polar surface area (TPSA) is 69.6 Å². The van der Waals surface area contributed by atoms with E-state index in [4.69, 9.17) is 4.42 Å². The van der Waals surface area contributed by atoms with Crippen LogP contribution in [0, 0.1) is 0 Å². The van der Waals surface area contributed by atoms with E-state index in [1.54, 1.807) is 29.7 Å². The SMILES string of the molecule is c1cncc(-c2nnc3n2C(CSc2nc4ccccc4o2)CS3)c1. The van der Waals surface area contributed by atoms with Crippen LogP contribution in [0.5, 0.6) is 0 Å². The van der Waals surface area contributed by atoms with Crippen molar-refractivity contribution in [3.8, 4) is 11.4 Å². The highest BCUT2D eigenvalue weighted by molar-refractivity contribution is 8.00. The summed E-state index contributed by atoms with van der Waals surface area (Å²) in [5, 5.41) is 10.3. The number of nitrogens with zero attached hydrogens (tertiary/aromatic N) is 5. The molecule has 25 heavy (non-hydrogen) atoms. The van der Waals surface area contributed by atoms with Gasteiger partial charge in [0, 0.05) is 29.5 Å². The van der Waals surface area contributed by atoms with Gasteiger partial charge in [0.25, 0.3) is 5.22 Å². The molecule has 5 rings (SSSR count). The van der Waals surface area contributed by atoms with E-state index in [1.807, 2.05) is 42.6 Å². The molecule has 8 heteroatoms. The van der Waals surface area contributed by atoms with E-state index >= 15 is 0 Å². The highest BCUT2D eigenvalue weighted by Crippen LogP contribution is 2.38. The number of para-hydroxylation sites is 2. The van der Waals surface area contributed by atoms with Crippen LogP contribution in [0.1, 0.15) is 6.04 Å². The average molecular weight is 367 g/mol. The van der Waals surface area contributed by atoms with Crippen LogP contribution in [0.2, 0.25) is 0 Å². The molecule has 0 spiro atoms. The van der Waals surface area contributed by atoms with Crippen molar-refractivity contribution in [3.05, 3.63) is 48.8 Å². The lowest BCUT2D eigenvalue weighted by Crippen LogP contribution is -2.11. The molecule has 1 aliphatic heterocycles. The monoisotopic (exact) mass is 367 g/mol. The summed E-state index contributed by atoms with van der Waals surface area (Å²) < 4.78 is 8.01. The smallest absolute Gasteiger partial charge is 0.256 e. The molecule has 1 aromatic carbocycles. The predicted octanol–water partition coefficient (Wildman–Crippen LogP) is 3.92. The van der Waals surface area contributed by atoms with Crippen molar-refractivity contribution < 1.29 is 4.42 Å². The molecule has 6 nitrogen and oxygen atoms in total. The van der Waals surface area contributed by atoms with Crippen LogP contribution in [-0.2, 0) is 0 Å². The van der Waals surface area contributed by atoms with Gasteiger partial charge in [-0.05, 0) is 24.3 Å². The Morgan fingerprint density at radius 3 is 3.04 bits per heavy atom. The summed E-state index contributed by atoms with van der Waals surface area (Å²) >= 11 is 3.37. The van der Waals surface area contributed by atoms with Gasteiger partial charge in [-0.3, -0.25) is 9.55 Å². The zero-order chi connectivity index (χ0) is 16.6. The Morgan fingerprint density at radius 2 is 2.16 bits per heavy atom. The molecule has 0 amide bonds. The third kappa shape index (κ3) is 2.71. The highest BCUT2D eigenvalue weighted by atomic mass is 32.2. The summed E-state index contributed by atoms with van der Waals surface area (Å²) in [5.41, 5.74) is 2.71. The maximum absolute atomic E-state index is 5.81. The molecule has 0 N–H and O–H groups in total. The van der Waals surface area contributed by atoms with Crippen LogP contribution in [-0.4, -0.2) is 36.2 Å². The maximum Gasteiger partial charge on any atom is 0.256 e. The maximum atomic E-state index is 5.81. The van der Waals surface area contributed by atoms with E-state index in [1.165, 1.54) is 0 Å². The van der Waals surface area contributed by atoms with Crippen molar-refractivity contribution in [2.75, 3.05) is 11.5 Å². The van der Waals surface area contributed by atoms with E-state index < -0.39 is 0 Å². The fourth-order valence-corrected chi connectivity index (χ4v) is 4.99. The van der Waals surface area contributed by atoms with Gasteiger partial charge in [-0.1, -0.05) is 35.7 Å². The number of rotatable bonds is 4. The minimum absolute atomic E-state index is 0.296. The van der Waals surface area contributed by atoms with Gasteiger partial charge in [0.05, 0.1) is 6.04 Å². The molecule has 3 aromatic heterocycles. The van der Waals surface area contributed by atoms with Gasteiger partial charge in [-0.2, -0.15) is 0 Å². The van der Waals surface area contributed by atoms with Crippen LogP contribution >= 0.6 is 23.5 Å². The standard InChI is InChI=1S/C17H13N5OS2/c1-2-6-14-13(5-1)19-17(23-14)25-10-12-9-24-16-21-20-15(22(12)16)11-4-3-7-18-8-11/h1-8,12H,9-10H2. The number of oxazole rings is 1. The molecule has 1 unspecified atom stereocenters. The third-order valence-corrected chi connectivity index (χ3v) is 6.09. The molecule has 4 aromatic rings. The molecule has 0 saturated carbocycles. The first-order valence-corrected chi connectivity index (χ1v) is 9.82. The molecule has 0 radical (unpaired) electrons. The van der Waals surface area contributed by atoms with Crippen molar-refractivity contribution in [2.45, 2.75) is 16.4 Å². The molecular formula is C17H13N5OS2. The zero-order valence-electron chi connectivity index (χ0n) is 13.1. The largest absolute Gasteiger partial charge is 0.431 e. The molecule has 0 fully saturated rings. The first-order valence-electron chi connectivity index (χ1n) is 7.85. The summed E-state index contributed by atoms with van der Waals surface area (Å²) in [6.07, 6.45) is 3.59. The number of benzene rings is 1. The lowest BCUT2D eigenvalue weighted by Gasteiger charge is -2.12. The molecule has 1 atom stereocenters. The molecule has 124 valence electrons. The summed E-state index contributed by atoms with van der Waals surface area (Å²) in [6, 6.07) is 12.1. The molecule has 0 aliphatic carbocycles. The van der Waals surface area contributed by atoms with Crippen molar-refractivity contribution >= 4 is 34.6 Å². The molecule has 4 heterocycles. The Hall–Kier alpha value is -2.32. The van der Waals surface area contributed by atoms with Crippen molar-refractivity contribution in [1.82, 2.24) is 24.7 Å². The Bertz CT molecular complexity index is 997. The number of fused-ring (bicyclic) bond motifs is 2. The molecular weight excluding hydrogens is 354 g/mol. The van der Waals surface area contributed by atoms with Crippen LogP contribution in [0.3, 0.4) is 0 Å². The number of pyridine rings is 1. The Balaban J connectivity index is 1.39. The Morgan fingerprint density at radius 1 is 1.20 bits per heavy atom. The molecule has 1 aliphatic rings. The molecule has 0 bridgehead atoms. The van der Waals surface area contributed by atoms with E-state index in [0.29, 0.717) is 11.3 Å². The van der Waals surface area contributed by atoms with E-state index in [9.17, 15) is 0 Å². The van der Waals surface area contributed by atoms with Crippen molar-refractivity contribution in [2.24, 2.45) is 0 Å². The number of thioether (sulfide) groups is 2. The molecule has 0 saturated heterocycles. The van der Waals surface area contributed by atoms with Crippen LogP contribution in [0.4, 0.5) is 0 Å². The lowest BCUT2D eigenvalue weighted by molar-refractivity contribution is 0.487. The third-order valence-electron chi connectivity index (χ3n) is 4.03. The highest BCUT2D eigenvalue weighted by Gasteiger charge is 2.29. The van der Waals surface area contributed by atoms with Crippen LogP contribution < -0.4 is 0 Å². The lowest BCUT2D eigenvalue weighted by atomic mass is 10.2. The first-order chi connectivity index (χ1) is 12.4. The summed E-state index contributed by atoms with van der Waals surface area (Å²) in [5.74, 6) is 2.71. The fourth-order valence-electron chi connectivity index (χ4n) is 2.84.